The lowest BCUT2D eigenvalue weighted by Gasteiger charge is -2.37. The molecule has 1 saturated carbocycles. The van der Waals surface area contributed by atoms with Crippen LogP contribution < -0.4 is 16.0 Å². The smallest absolute Gasteiger partial charge is 0.343 e. The minimum atomic E-state index is -4.47. The summed E-state index contributed by atoms with van der Waals surface area (Å²) in [5.74, 6) is -0.600. The highest BCUT2D eigenvalue weighted by Crippen LogP contribution is 2.44. The van der Waals surface area contributed by atoms with Crippen molar-refractivity contribution in [3.63, 3.8) is 0 Å². The second-order valence-corrected chi connectivity index (χ2v) is 7.51. The summed E-state index contributed by atoms with van der Waals surface area (Å²) >= 11 is 0. The van der Waals surface area contributed by atoms with Gasteiger partial charge in [-0.2, -0.15) is 13.2 Å². The molecule has 0 spiro atoms. The molecule has 156 valence electrons. The normalized spacial score (nSPS) is 24.1. The van der Waals surface area contributed by atoms with Crippen LogP contribution in [0.25, 0.3) is 0 Å². The first-order valence-electron chi connectivity index (χ1n) is 9.19. The Labute approximate surface area is 168 Å². The van der Waals surface area contributed by atoms with E-state index in [4.69, 9.17) is 0 Å². The fourth-order valence-corrected chi connectivity index (χ4v) is 4.12. The van der Waals surface area contributed by atoms with Crippen molar-refractivity contribution in [1.29, 1.82) is 0 Å². The molecular weight excluding hydrogens is 395 g/mol. The van der Waals surface area contributed by atoms with E-state index in [2.05, 4.69) is 10.6 Å². The number of fused-ring (bicyclic) bond motifs is 1. The predicted octanol–water partition coefficient (Wildman–Crippen LogP) is 3.43. The van der Waals surface area contributed by atoms with E-state index in [0.717, 1.165) is 37.8 Å². The second kappa shape index (κ2) is 8.69. The molecule has 3 rings (SSSR count). The lowest BCUT2D eigenvalue weighted by molar-refractivity contribution is -0.128. The zero-order chi connectivity index (χ0) is 19.7. The first kappa shape index (κ1) is 22.5. The molecule has 0 radical (unpaired) electrons. The molecule has 5 nitrogen and oxygen atoms in total. The third-order valence-corrected chi connectivity index (χ3v) is 5.69. The first-order valence-corrected chi connectivity index (χ1v) is 9.19. The molecule has 1 heterocycles. The van der Waals surface area contributed by atoms with Crippen molar-refractivity contribution in [3.05, 3.63) is 29.3 Å². The minimum absolute atomic E-state index is 0. The Kier molecular flexibility index (Phi) is 6.98. The Morgan fingerprint density at radius 1 is 1.29 bits per heavy atom. The number of amides is 2. The number of aryl methyl sites for hydroxylation is 1. The largest absolute Gasteiger partial charge is 0.405 e. The topological polar surface area (TPSA) is 70.2 Å². The van der Waals surface area contributed by atoms with Crippen LogP contribution in [0.5, 0.6) is 0 Å². The molecule has 0 unspecified atom stereocenters. The van der Waals surface area contributed by atoms with E-state index in [1.807, 2.05) is 5.32 Å². The maximum Gasteiger partial charge on any atom is 0.405 e. The van der Waals surface area contributed by atoms with E-state index >= 15 is 0 Å². The van der Waals surface area contributed by atoms with Crippen molar-refractivity contribution in [2.75, 3.05) is 25.0 Å². The maximum atomic E-state index is 13.1. The van der Waals surface area contributed by atoms with E-state index in [0.29, 0.717) is 18.2 Å². The Morgan fingerprint density at radius 2 is 2.04 bits per heavy atom. The molecule has 1 saturated heterocycles. The summed E-state index contributed by atoms with van der Waals surface area (Å²) in [5, 5.41) is 8.10. The van der Waals surface area contributed by atoms with Crippen molar-refractivity contribution < 1.29 is 22.8 Å². The molecule has 28 heavy (non-hydrogen) atoms. The molecular formula is C19H25ClF3N3O2. The highest BCUT2D eigenvalue weighted by Gasteiger charge is 2.49. The number of hydrogen-bond acceptors (Lipinski definition) is 3. The van der Waals surface area contributed by atoms with Gasteiger partial charge in [-0.15, -0.1) is 12.4 Å². The van der Waals surface area contributed by atoms with Crippen LogP contribution in [0.2, 0.25) is 0 Å². The predicted molar refractivity (Wildman–Crippen MR) is 103 cm³/mol. The molecule has 0 aromatic heterocycles. The number of carbonyl (C=O) groups excluding carboxylic acids is 2. The number of nitrogens with one attached hydrogen (secondary N) is 3. The van der Waals surface area contributed by atoms with Gasteiger partial charge in [0.25, 0.3) is 5.91 Å². The van der Waals surface area contributed by atoms with Gasteiger partial charge in [0.05, 0.1) is 5.41 Å². The summed E-state index contributed by atoms with van der Waals surface area (Å²) in [7, 11) is 0. The van der Waals surface area contributed by atoms with Gasteiger partial charge in [-0.25, -0.2) is 0 Å². The summed E-state index contributed by atoms with van der Waals surface area (Å²) < 4.78 is 36.9. The Bertz CT molecular complexity index is 742. The number of alkyl halides is 3. The number of halogens is 4. The van der Waals surface area contributed by atoms with Gasteiger partial charge >= 0.3 is 6.18 Å². The van der Waals surface area contributed by atoms with Crippen molar-refractivity contribution in [2.45, 2.75) is 38.8 Å². The van der Waals surface area contributed by atoms with E-state index in [9.17, 15) is 22.8 Å². The van der Waals surface area contributed by atoms with Gasteiger partial charge in [0.15, 0.2) is 0 Å². The van der Waals surface area contributed by atoms with E-state index in [1.165, 1.54) is 12.1 Å². The minimum Gasteiger partial charge on any atom is -0.343 e. The SMILES string of the molecule is Cc1ccc(C(=O)NCC(F)(F)F)cc1NC(=O)[C@@]12CCCC[C@H]1CNC2.Cl. The van der Waals surface area contributed by atoms with E-state index < -0.39 is 24.0 Å². The molecule has 1 aliphatic carbocycles. The fourth-order valence-electron chi connectivity index (χ4n) is 4.12. The molecule has 9 heteroatoms. The Balaban J connectivity index is 0.00000280. The van der Waals surface area contributed by atoms with Crippen LogP contribution in [0.1, 0.15) is 41.6 Å². The summed E-state index contributed by atoms with van der Waals surface area (Å²) in [6.07, 6.45) is -0.512. The number of rotatable bonds is 4. The van der Waals surface area contributed by atoms with Gasteiger partial charge in [-0.05, 0) is 49.9 Å². The molecule has 2 fully saturated rings. The third-order valence-electron chi connectivity index (χ3n) is 5.69. The average Bonchev–Trinajstić information content (AvgIpc) is 3.06. The monoisotopic (exact) mass is 419 g/mol. The van der Waals surface area contributed by atoms with Gasteiger partial charge in [-0.1, -0.05) is 18.9 Å². The van der Waals surface area contributed by atoms with Crippen LogP contribution in [0.4, 0.5) is 18.9 Å². The summed E-state index contributed by atoms with van der Waals surface area (Å²) in [6, 6.07) is 4.52. The maximum absolute atomic E-state index is 13.1. The Hall–Kier alpha value is -1.80. The number of benzene rings is 1. The zero-order valence-electron chi connectivity index (χ0n) is 15.6. The second-order valence-electron chi connectivity index (χ2n) is 7.51. The molecule has 3 N–H and O–H groups in total. The molecule has 2 atom stereocenters. The number of anilines is 1. The first-order chi connectivity index (χ1) is 12.7. The summed E-state index contributed by atoms with van der Waals surface area (Å²) in [5.41, 5.74) is 0.859. The van der Waals surface area contributed by atoms with Gasteiger partial charge in [0, 0.05) is 17.8 Å². The fraction of sp³-hybridized carbons (Fsp3) is 0.579. The van der Waals surface area contributed by atoms with Crippen molar-refractivity contribution in [1.82, 2.24) is 10.6 Å². The number of hydrogen-bond donors (Lipinski definition) is 3. The van der Waals surface area contributed by atoms with Crippen LogP contribution in [0.3, 0.4) is 0 Å². The number of carbonyl (C=O) groups is 2. The van der Waals surface area contributed by atoms with Gasteiger partial charge in [0.2, 0.25) is 5.91 Å². The summed E-state index contributed by atoms with van der Waals surface area (Å²) in [4.78, 5) is 25.1. The van der Waals surface area contributed by atoms with Crippen LogP contribution in [0.15, 0.2) is 18.2 Å². The standard InChI is InChI=1S/C19H24F3N3O2.ClH/c1-12-5-6-13(16(26)24-11-19(20,21)22)8-15(12)25-17(27)18-7-3-2-4-14(18)9-23-10-18;/h5-6,8,14,23H,2-4,7,9-11H2,1H3,(H,24,26)(H,25,27);1H/t14-,18+;/m0./s1. The van der Waals surface area contributed by atoms with Crippen LogP contribution in [-0.2, 0) is 4.79 Å². The highest BCUT2D eigenvalue weighted by molar-refractivity contribution is 5.99. The van der Waals surface area contributed by atoms with Crippen molar-refractivity contribution in [3.8, 4) is 0 Å². The van der Waals surface area contributed by atoms with Gasteiger partial charge < -0.3 is 16.0 Å². The van der Waals surface area contributed by atoms with Crippen LogP contribution >= 0.6 is 12.4 Å². The molecule has 1 aromatic carbocycles. The third kappa shape index (κ3) is 4.78. The lowest BCUT2D eigenvalue weighted by Crippen LogP contribution is -2.44. The molecule has 2 aliphatic rings. The van der Waals surface area contributed by atoms with E-state index in [-0.39, 0.29) is 23.9 Å². The van der Waals surface area contributed by atoms with Gasteiger partial charge in [-0.3, -0.25) is 9.59 Å². The molecule has 1 aliphatic heterocycles. The highest BCUT2D eigenvalue weighted by atomic mass is 35.5. The van der Waals surface area contributed by atoms with E-state index in [1.54, 1.807) is 13.0 Å². The summed E-state index contributed by atoms with van der Waals surface area (Å²) in [6.45, 7) is 1.86. The van der Waals surface area contributed by atoms with Crippen LogP contribution in [-0.4, -0.2) is 37.6 Å². The average molecular weight is 420 g/mol. The van der Waals surface area contributed by atoms with Crippen LogP contribution in [0, 0.1) is 18.3 Å². The van der Waals surface area contributed by atoms with Crippen molar-refractivity contribution >= 4 is 29.9 Å². The molecule has 1 aromatic rings. The van der Waals surface area contributed by atoms with Gasteiger partial charge in [0.1, 0.15) is 6.54 Å². The molecule has 2 amide bonds. The quantitative estimate of drug-likeness (QED) is 0.700. The Morgan fingerprint density at radius 3 is 2.75 bits per heavy atom. The lowest BCUT2D eigenvalue weighted by atomic mass is 9.67. The van der Waals surface area contributed by atoms with Crippen molar-refractivity contribution in [2.24, 2.45) is 11.3 Å². The zero-order valence-corrected chi connectivity index (χ0v) is 16.4. The molecule has 0 bridgehead atoms.